The van der Waals surface area contributed by atoms with E-state index in [9.17, 15) is 0 Å². The third-order valence-electron chi connectivity index (χ3n) is 5.86. The van der Waals surface area contributed by atoms with E-state index in [-0.39, 0.29) is 5.54 Å². The fraction of sp³-hybridized carbons (Fsp3) is 0.417. The molecule has 0 aliphatic heterocycles. The first-order valence-electron chi connectivity index (χ1n) is 11.2. The standard InChI is InChI=1S/C24H29N7O3/c1-24(2,3)31-13-26-19-22(28-21(14-7-8-14)29-23(19)31)27-18-11-30(12-25-18)15-9-16(32-4)20(34-6)17(10-15)33-5/h9-14H,7-8H2,1-6H3,(H,27,28,29). The van der Waals surface area contributed by atoms with Crippen molar-refractivity contribution in [1.82, 2.24) is 29.1 Å². The quantitative estimate of drug-likeness (QED) is 0.430. The molecule has 1 saturated carbocycles. The van der Waals surface area contributed by atoms with Crippen LogP contribution in [0.2, 0.25) is 0 Å². The first-order chi connectivity index (χ1) is 16.3. The Morgan fingerprint density at radius 1 is 0.941 bits per heavy atom. The van der Waals surface area contributed by atoms with Gasteiger partial charge in [-0.2, -0.15) is 0 Å². The predicted molar refractivity (Wildman–Crippen MR) is 129 cm³/mol. The van der Waals surface area contributed by atoms with Crippen molar-refractivity contribution in [2.24, 2.45) is 0 Å². The average Bonchev–Trinajstić information content (AvgIpc) is 3.40. The highest BCUT2D eigenvalue weighted by molar-refractivity contribution is 5.85. The summed E-state index contributed by atoms with van der Waals surface area (Å²) in [5, 5.41) is 3.36. The first-order valence-corrected chi connectivity index (χ1v) is 11.2. The number of ether oxygens (including phenoxy) is 3. The van der Waals surface area contributed by atoms with Gasteiger partial charge in [0.1, 0.15) is 18.0 Å². The summed E-state index contributed by atoms with van der Waals surface area (Å²) in [5.41, 5.74) is 2.23. The minimum Gasteiger partial charge on any atom is -0.493 e. The molecule has 0 radical (unpaired) electrons. The topological polar surface area (TPSA) is 101 Å². The van der Waals surface area contributed by atoms with Gasteiger partial charge in [-0.3, -0.25) is 0 Å². The van der Waals surface area contributed by atoms with Crippen LogP contribution in [0.15, 0.2) is 31.0 Å². The molecule has 0 atom stereocenters. The number of fused-ring (bicyclic) bond motifs is 1. The van der Waals surface area contributed by atoms with Gasteiger partial charge in [0.15, 0.2) is 28.5 Å². The van der Waals surface area contributed by atoms with E-state index < -0.39 is 0 Å². The zero-order chi connectivity index (χ0) is 24.0. The number of anilines is 2. The number of aromatic nitrogens is 6. The Morgan fingerprint density at radius 2 is 1.65 bits per heavy atom. The molecule has 1 aliphatic carbocycles. The zero-order valence-corrected chi connectivity index (χ0v) is 20.3. The molecule has 5 rings (SSSR count). The molecule has 3 aromatic heterocycles. The highest BCUT2D eigenvalue weighted by Gasteiger charge is 2.29. The number of benzene rings is 1. The second kappa shape index (κ2) is 8.19. The number of nitrogens with one attached hydrogen (secondary N) is 1. The van der Waals surface area contributed by atoms with E-state index in [4.69, 9.17) is 24.2 Å². The van der Waals surface area contributed by atoms with E-state index in [1.807, 2.05) is 29.2 Å². The van der Waals surface area contributed by atoms with Gasteiger partial charge in [0, 0.05) is 23.6 Å². The molecule has 0 amide bonds. The highest BCUT2D eigenvalue weighted by Crippen LogP contribution is 2.41. The van der Waals surface area contributed by atoms with Crippen LogP contribution in [0.5, 0.6) is 17.2 Å². The molecule has 1 N–H and O–H groups in total. The Labute approximate surface area is 197 Å². The number of methoxy groups -OCH3 is 3. The van der Waals surface area contributed by atoms with Crippen LogP contribution in [0.3, 0.4) is 0 Å². The second-order valence-corrected chi connectivity index (χ2v) is 9.34. The number of nitrogens with zero attached hydrogens (tertiary/aromatic N) is 6. The van der Waals surface area contributed by atoms with E-state index in [1.54, 1.807) is 27.7 Å². The van der Waals surface area contributed by atoms with Gasteiger partial charge in [0.25, 0.3) is 0 Å². The molecule has 10 nitrogen and oxygen atoms in total. The summed E-state index contributed by atoms with van der Waals surface area (Å²) in [4.78, 5) is 18.8. The summed E-state index contributed by atoms with van der Waals surface area (Å²) >= 11 is 0. The molecule has 0 spiro atoms. The molecule has 10 heteroatoms. The van der Waals surface area contributed by atoms with Crippen LogP contribution in [-0.4, -0.2) is 50.4 Å². The average molecular weight is 464 g/mol. The monoisotopic (exact) mass is 463 g/mol. The van der Waals surface area contributed by atoms with Gasteiger partial charge in [0.05, 0.1) is 39.5 Å². The Balaban J connectivity index is 1.52. The van der Waals surface area contributed by atoms with Gasteiger partial charge < -0.3 is 28.7 Å². The van der Waals surface area contributed by atoms with Gasteiger partial charge in [-0.15, -0.1) is 0 Å². The summed E-state index contributed by atoms with van der Waals surface area (Å²) in [6.45, 7) is 6.41. The van der Waals surface area contributed by atoms with Crippen molar-refractivity contribution in [1.29, 1.82) is 0 Å². The van der Waals surface area contributed by atoms with Crippen LogP contribution in [0.4, 0.5) is 11.6 Å². The van der Waals surface area contributed by atoms with Crippen LogP contribution in [-0.2, 0) is 5.54 Å². The van der Waals surface area contributed by atoms with Gasteiger partial charge in [-0.1, -0.05) is 0 Å². The highest BCUT2D eigenvalue weighted by atomic mass is 16.5. The summed E-state index contributed by atoms with van der Waals surface area (Å²) in [7, 11) is 4.77. The maximum atomic E-state index is 5.48. The van der Waals surface area contributed by atoms with Crippen molar-refractivity contribution in [2.45, 2.75) is 45.1 Å². The second-order valence-electron chi connectivity index (χ2n) is 9.34. The SMILES string of the molecule is COc1cc(-n2cnc(Nc3nc(C4CC4)nc4c3ncn4C(C)(C)C)c2)cc(OC)c1OC. The molecule has 0 bridgehead atoms. The zero-order valence-electron chi connectivity index (χ0n) is 20.3. The van der Waals surface area contributed by atoms with E-state index >= 15 is 0 Å². The van der Waals surface area contributed by atoms with Crippen molar-refractivity contribution >= 4 is 22.8 Å². The number of rotatable bonds is 7. The fourth-order valence-corrected chi connectivity index (χ4v) is 3.89. The normalized spacial score (nSPS) is 13.8. The number of hydrogen-bond donors (Lipinski definition) is 1. The molecule has 34 heavy (non-hydrogen) atoms. The van der Waals surface area contributed by atoms with Gasteiger partial charge in [-0.25, -0.2) is 19.9 Å². The smallest absolute Gasteiger partial charge is 0.203 e. The minimum absolute atomic E-state index is 0.144. The largest absolute Gasteiger partial charge is 0.493 e. The number of hydrogen-bond acceptors (Lipinski definition) is 8. The molecule has 4 aromatic rings. The summed E-state index contributed by atoms with van der Waals surface area (Å²) in [6.07, 6.45) is 7.66. The Hall–Kier alpha value is -3.82. The molecular weight excluding hydrogens is 434 g/mol. The van der Waals surface area contributed by atoms with E-state index in [2.05, 4.69) is 40.6 Å². The maximum absolute atomic E-state index is 5.48. The lowest BCUT2D eigenvalue weighted by molar-refractivity contribution is 0.324. The predicted octanol–water partition coefficient (Wildman–Crippen LogP) is 4.41. The first kappa shape index (κ1) is 22.0. The fourth-order valence-electron chi connectivity index (χ4n) is 3.89. The van der Waals surface area contributed by atoms with Gasteiger partial charge in [0.2, 0.25) is 5.75 Å². The van der Waals surface area contributed by atoms with Crippen molar-refractivity contribution in [3.05, 3.63) is 36.8 Å². The van der Waals surface area contributed by atoms with Gasteiger partial charge >= 0.3 is 0 Å². The van der Waals surface area contributed by atoms with Crippen LogP contribution in [0.1, 0.15) is 45.4 Å². The third-order valence-corrected chi connectivity index (χ3v) is 5.86. The van der Waals surface area contributed by atoms with Crippen LogP contribution in [0.25, 0.3) is 16.9 Å². The molecule has 0 saturated heterocycles. The lowest BCUT2D eigenvalue weighted by atomic mass is 10.1. The van der Waals surface area contributed by atoms with E-state index in [0.29, 0.717) is 34.8 Å². The Kier molecular flexibility index (Phi) is 5.30. The van der Waals surface area contributed by atoms with E-state index in [0.717, 1.165) is 35.5 Å². The molecule has 178 valence electrons. The van der Waals surface area contributed by atoms with Crippen molar-refractivity contribution in [3.8, 4) is 22.9 Å². The van der Waals surface area contributed by atoms with E-state index in [1.165, 1.54) is 0 Å². The molecule has 0 unspecified atom stereocenters. The van der Waals surface area contributed by atoms with Gasteiger partial charge in [-0.05, 0) is 33.6 Å². The van der Waals surface area contributed by atoms with Crippen LogP contribution < -0.4 is 19.5 Å². The van der Waals surface area contributed by atoms with Crippen LogP contribution in [0, 0.1) is 0 Å². The molecule has 1 aliphatic rings. The molecule has 3 heterocycles. The molecule has 1 aromatic carbocycles. The summed E-state index contributed by atoms with van der Waals surface area (Å²) in [6, 6.07) is 3.73. The Bertz CT molecular complexity index is 1320. The summed E-state index contributed by atoms with van der Waals surface area (Å²) in [5.74, 6) is 4.23. The molecule has 1 fully saturated rings. The van der Waals surface area contributed by atoms with Crippen molar-refractivity contribution in [2.75, 3.05) is 26.6 Å². The van der Waals surface area contributed by atoms with Crippen LogP contribution >= 0.6 is 0 Å². The van der Waals surface area contributed by atoms with Crippen molar-refractivity contribution < 1.29 is 14.2 Å². The molecular formula is C24H29N7O3. The summed E-state index contributed by atoms with van der Waals surface area (Å²) < 4.78 is 20.4. The lowest BCUT2D eigenvalue weighted by Gasteiger charge is -2.21. The minimum atomic E-state index is -0.144. The maximum Gasteiger partial charge on any atom is 0.203 e. The lowest BCUT2D eigenvalue weighted by Crippen LogP contribution is -2.21. The Morgan fingerprint density at radius 3 is 2.24 bits per heavy atom. The third kappa shape index (κ3) is 3.89. The van der Waals surface area contributed by atoms with Crippen molar-refractivity contribution in [3.63, 3.8) is 0 Å². The number of imidazole rings is 2.